The molecule has 1 aliphatic carbocycles. The van der Waals surface area contributed by atoms with Gasteiger partial charge < -0.3 is 29.0 Å². The summed E-state index contributed by atoms with van der Waals surface area (Å²) in [5.41, 5.74) is 3.05. The van der Waals surface area contributed by atoms with Crippen LogP contribution in [-0.4, -0.2) is 69.0 Å². The van der Waals surface area contributed by atoms with Crippen LogP contribution >= 0.6 is 0 Å². The molecule has 0 bridgehead atoms. The van der Waals surface area contributed by atoms with E-state index in [4.69, 9.17) is 28.8 Å². The molecule has 2 aromatic rings. The Hall–Kier alpha value is -3.63. The van der Waals surface area contributed by atoms with Crippen molar-refractivity contribution in [1.29, 1.82) is 0 Å². The fourth-order valence-electron chi connectivity index (χ4n) is 4.84. The summed E-state index contributed by atoms with van der Waals surface area (Å²) in [6.45, 7) is 0.758. The predicted molar refractivity (Wildman–Crippen MR) is 145 cm³/mol. The van der Waals surface area contributed by atoms with Gasteiger partial charge in [-0.1, -0.05) is 12.2 Å². The first kappa shape index (κ1) is 28.4. The highest BCUT2D eigenvalue weighted by Gasteiger charge is 2.29. The number of aromatic nitrogens is 2. The number of methoxy groups -OCH3 is 3. The van der Waals surface area contributed by atoms with Gasteiger partial charge in [0, 0.05) is 24.4 Å². The zero-order valence-electron chi connectivity index (χ0n) is 22.8. The number of carbonyl (C=O) groups is 2. The number of hydrogen-bond acceptors (Lipinski definition) is 8. The molecule has 4 rings (SSSR count). The molecule has 210 valence electrons. The molecule has 0 atom stereocenters. The molecule has 1 aromatic carbocycles. The van der Waals surface area contributed by atoms with Crippen molar-refractivity contribution in [2.75, 3.05) is 41.3 Å². The van der Waals surface area contributed by atoms with Gasteiger partial charge in [0.05, 0.1) is 39.0 Å². The van der Waals surface area contributed by atoms with Crippen molar-refractivity contribution >= 4 is 17.6 Å². The number of ether oxygens (including phenoxy) is 5. The number of aryl methyl sites for hydroxylation is 1. The Labute approximate surface area is 228 Å². The quantitative estimate of drug-likeness (QED) is 0.261. The molecule has 2 heterocycles. The third-order valence-corrected chi connectivity index (χ3v) is 6.99. The summed E-state index contributed by atoms with van der Waals surface area (Å²) < 4.78 is 28.0. The van der Waals surface area contributed by atoms with E-state index in [1.807, 2.05) is 41.1 Å². The molecule has 0 unspecified atom stereocenters. The maximum atomic E-state index is 13.2. The van der Waals surface area contributed by atoms with Gasteiger partial charge in [0.15, 0.2) is 24.0 Å². The van der Waals surface area contributed by atoms with Crippen LogP contribution in [0.1, 0.15) is 53.8 Å². The first-order valence-electron chi connectivity index (χ1n) is 13.3. The Balaban J connectivity index is 1.39. The van der Waals surface area contributed by atoms with Gasteiger partial charge in [-0.05, 0) is 68.9 Å². The Morgan fingerprint density at radius 3 is 2.56 bits per heavy atom. The molecule has 0 spiro atoms. The standard InChI is InChI=1S/C29H37N3O7/c1-35-15-16-38-19-39-29(34)20-9-12-22(13-10-20)30-28(33)24-18-23-7-5-4-6-8-25(32(23)31-24)21-11-14-26(36-2)27(17-21)37-3/h4,6,8,11,14,17-18,20,22H,5,7,9-10,12-13,15-16,19H2,1-3H3,(H,30,33)/b6-4-,25-8-. The summed E-state index contributed by atoms with van der Waals surface area (Å²) in [6.07, 6.45) is 10.4. The van der Waals surface area contributed by atoms with Gasteiger partial charge in [0.25, 0.3) is 5.91 Å². The zero-order chi connectivity index (χ0) is 27.6. The highest BCUT2D eigenvalue weighted by Crippen LogP contribution is 2.32. The van der Waals surface area contributed by atoms with Crippen molar-refractivity contribution in [3.63, 3.8) is 0 Å². The molecular formula is C29H37N3O7. The average Bonchev–Trinajstić information content (AvgIpc) is 3.36. The lowest BCUT2D eigenvalue weighted by atomic mass is 9.86. The second-order valence-corrected chi connectivity index (χ2v) is 9.53. The van der Waals surface area contributed by atoms with Crippen LogP contribution in [0.3, 0.4) is 0 Å². The average molecular weight is 540 g/mol. The van der Waals surface area contributed by atoms with E-state index in [0.717, 1.165) is 29.8 Å². The Kier molecular flexibility index (Phi) is 10.2. The van der Waals surface area contributed by atoms with Gasteiger partial charge >= 0.3 is 5.97 Å². The van der Waals surface area contributed by atoms with Crippen molar-refractivity contribution in [3.05, 3.63) is 59.4 Å². The molecule has 1 fully saturated rings. The van der Waals surface area contributed by atoms with Crippen molar-refractivity contribution < 1.29 is 33.3 Å². The van der Waals surface area contributed by atoms with Gasteiger partial charge in [0.2, 0.25) is 0 Å². The number of rotatable bonds is 11. The minimum absolute atomic E-state index is 0.0219. The summed E-state index contributed by atoms with van der Waals surface area (Å²) >= 11 is 0. The van der Waals surface area contributed by atoms with Crippen LogP contribution in [0, 0.1) is 5.92 Å². The predicted octanol–water partition coefficient (Wildman–Crippen LogP) is 3.74. The van der Waals surface area contributed by atoms with Crippen molar-refractivity contribution in [3.8, 4) is 11.5 Å². The van der Waals surface area contributed by atoms with E-state index in [1.165, 1.54) is 0 Å². The topological polar surface area (TPSA) is 110 Å². The van der Waals surface area contributed by atoms with E-state index in [0.29, 0.717) is 56.1 Å². The van der Waals surface area contributed by atoms with E-state index in [-0.39, 0.29) is 30.6 Å². The monoisotopic (exact) mass is 539 g/mol. The Bertz CT molecular complexity index is 1200. The smallest absolute Gasteiger partial charge is 0.311 e. The summed E-state index contributed by atoms with van der Waals surface area (Å²) in [5.74, 6) is 0.605. The molecule has 0 saturated heterocycles. The minimum atomic E-state index is -0.255. The van der Waals surface area contributed by atoms with E-state index < -0.39 is 0 Å². The molecule has 1 aliphatic heterocycles. The number of allylic oxidation sites excluding steroid dienone is 3. The third kappa shape index (κ3) is 7.27. The number of amides is 1. The molecule has 1 amide bonds. The number of carbonyl (C=O) groups excluding carboxylic acids is 2. The van der Waals surface area contributed by atoms with Gasteiger partial charge in [-0.15, -0.1) is 0 Å². The number of nitrogens with one attached hydrogen (secondary N) is 1. The minimum Gasteiger partial charge on any atom is -0.493 e. The summed E-state index contributed by atoms with van der Waals surface area (Å²) in [4.78, 5) is 25.5. The largest absolute Gasteiger partial charge is 0.493 e. The highest BCUT2D eigenvalue weighted by molar-refractivity contribution is 5.93. The van der Waals surface area contributed by atoms with Crippen LogP contribution < -0.4 is 14.8 Å². The van der Waals surface area contributed by atoms with Crippen LogP contribution in [0.25, 0.3) is 5.70 Å². The SMILES string of the molecule is COCCOCOC(=O)C1CCC(NC(=O)c2cc3n(n2)/C(c2ccc(OC)c(OC)c2)=C\C=C/CC3)CC1. The van der Waals surface area contributed by atoms with Crippen molar-refractivity contribution in [2.24, 2.45) is 5.92 Å². The molecule has 1 N–H and O–H groups in total. The molecule has 1 saturated carbocycles. The number of benzene rings is 1. The lowest BCUT2D eigenvalue weighted by Gasteiger charge is -2.27. The Morgan fingerprint density at radius 1 is 1.03 bits per heavy atom. The number of nitrogens with zero attached hydrogens (tertiary/aromatic N) is 2. The maximum Gasteiger partial charge on any atom is 0.311 e. The highest BCUT2D eigenvalue weighted by atomic mass is 16.7. The fraction of sp³-hybridized carbons (Fsp3) is 0.483. The lowest BCUT2D eigenvalue weighted by Crippen LogP contribution is -2.39. The molecule has 10 nitrogen and oxygen atoms in total. The first-order chi connectivity index (χ1) is 19.0. The summed E-state index contributed by atoms with van der Waals surface area (Å²) in [7, 11) is 4.79. The molecule has 2 aliphatic rings. The summed E-state index contributed by atoms with van der Waals surface area (Å²) in [5, 5.41) is 7.82. The van der Waals surface area contributed by atoms with Crippen LogP contribution in [0.2, 0.25) is 0 Å². The van der Waals surface area contributed by atoms with Crippen LogP contribution in [0.15, 0.2) is 42.5 Å². The van der Waals surface area contributed by atoms with Crippen LogP contribution in [0.4, 0.5) is 0 Å². The number of esters is 1. The van der Waals surface area contributed by atoms with E-state index in [9.17, 15) is 9.59 Å². The Morgan fingerprint density at radius 2 is 1.82 bits per heavy atom. The third-order valence-electron chi connectivity index (χ3n) is 6.99. The second-order valence-electron chi connectivity index (χ2n) is 9.53. The second kappa shape index (κ2) is 14.0. The van der Waals surface area contributed by atoms with Crippen molar-refractivity contribution in [1.82, 2.24) is 15.1 Å². The first-order valence-corrected chi connectivity index (χ1v) is 13.3. The normalized spacial score (nSPS) is 20.9. The van der Waals surface area contributed by atoms with Gasteiger partial charge in [-0.2, -0.15) is 5.10 Å². The van der Waals surface area contributed by atoms with Crippen molar-refractivity contribution in [2.45, 2.75) is 44.6 Å². The lowest BCUT2D eigenvalue weighted by molar-refractivity contribution is -0.163. The summed E-state index contributed by atoms with van der Waals surface area (Å²) in [6, 6.07) is 7.54. The number of fused-ring (bicyclic) bond motifs is 1. The molecule has 1 aromatic heterocycles. The number of hydrogen-bond donors (Lipinski definition) is 1. The van der Waals surface area contributed by atoms with E-state index >= 15 is 0 Å². The molecule has 39 heavy (non-hydrogen) atoms. The molecule has 0 radical (unpaired) electrons. The zero-order valence-corrected chi connectivity index (χ0v) is 22.8. The van der Waals surface area contributed by atoms with Gasteiger partial charge in [0.1, 0.15) is 0 Å². The fourth-order valence-corrected chi connectivity index (χ4v) is 4.84. The van der Waals surface area contributed by atoms with Crippen LogP contribution in [0.5, 0.6) is 11.5 Å². The van der Waals surface area contributed by atoms with Gasteiger partial charge in [-0.25, -0.2) is 4.68 Å². The molecule has 10 heteroatoms. The maximum absolute atomic E-state index is 13.2. The molecular weight excluding hydrogens is 502 g/mol. The van der Waals surface area contributed by atoms with Gasteiger partial charge in [-0.3, -0.25) is 9.59 Å². The van der Waals surface area contributed by atoms with E-state index in [1.54, 1.807) is 21.3 Å². The van der Waals surface area contributed by atoms with Crippen LogP contribution in [-0.2, 0) is 25.4 Å². The van der Waals surface area contributed by atoms with E-state index in [2.05, 4.69) is 11.4 Å².